The lowest BCUT2D eigenvalue weighted by Gasteiger charge is -2.09. The summed E-state index contributed by atoms with van der Waals surface area (Å²) in [5.74, 6) is 0.288. The predicted molar refractivity (Wildman–Crippen MR) is 114 cm³/mol. The second-order valence-electron chi connectivity index (χ2n) is 7.85. The molecular weight excluding hydrogens is 402 g/mol. The lowest BCUT2D eigenvalue weighted by Crippen LogP contribution is -2.31. The second kappa shape index (κ2) is 9.32. The number of nitrogens with one attached hydrogen (secondary N) is 1. The maximum absolute atomic E-state index is 12.8. The van der Waals surface area contributed by atoms with Gasteiger partial charge in [-0.3, -0.25) is 14.3 Å². The van der Waals surface area contributed by atoms with Crippen molar-refractivity contribution in [3.05, 3.63) is 43.7 Å². The van der Waals surface area contributed by atoms with Crippen LogP contribution >= 0.6 is 0 Å². The van der Waals surface area contributed by atoms with Gasteiger partial charge in [-0.25, -0.2) is 14.6 Å². The molecule has 0 aliphatic carbocycles. The third kappa shape index (κ3) is 4.33. The van der Waals surface area contributed by atoms with Crippen molar-refractivity contribution in [2.75, 3.05) is 0 Å². The minimum Gasteiger partial charge on any atom is -0.454 e. The number of ether oxygens (including phenoxy) is 1. The zero-order valence-electron chi connectivity index (χ0n) is 18.7. The number of rotatable bonds is 9. The van der Waals surface area contributed by atoms with Gasteiger partial charge in [-0.05, 0) is 19.8 Å². The summed E-state index contributed by atoms with van der Waals surface area (Å²) in [4.78, 5) is 44.6. The molecule has 1 N–H and O–H groups in total. The molecule has 31 heavy (non-hydrogen) atoms. The summed E-state index contributed by atoms with van der Waals surface area (Å²) in [5.41, 5.74) is 0.408. The Morgan fingerprint density at radius 1 is 1.16 bits per heavy atom. The number of carbonyl (C=O) groups is 1. The highest BCUT2D eigenvalue weighted by Gasteiger charge is 2.25. The molecular formula is C21H29N5O5. The molecule has 10 nitrogen and oxygen atoms in total. The number of hydrogen-bond donors (Lipinski definition) is 1. The van der Waals surface area contributed by atoms with Crippen LogP contribution in [-0.2, 0) is 24.4 Å². The Morgan fingerprint density at radius 3 is 2.55 bits per heavy atom. The third-order valence-corrected chi connectivity index (χ3v) is 5.10. The number of nitrogens with zero attached hydrogens (tertiary/aromatic N) is 4. The summed E-state index contributed by atoms with van der Waals surface area (Å²) in [7, 11) is 0. The number of fused-ring (bicyclic) bond motifs is 1. The maximum atomic E-state index is 12.8. The van der Waals surface area contributed by atoms with E-state index in [2.05, 4.69) is 15.1 Å². The molecule has 0 aliphatic heterocycles. The molecule has 0 fully saturated rings. The standard InChI is InChI=1S/C21H29N5O5/c1-6-8-10-26-18-16(19(27)23-21(26)29)25(9-7-2)14(22-18)11-30-20(28)15-13(5)24-31-17(15)12(3)4/h12H,6-11H2,1-5H3,(H,23,27,29). The Labute approximate surface area is 179 Å². The SMILES string of the molecule is CCCCn1c(=O)[nH]c(=O)c2c1nc(COC(=O)c1c(C)noc1C(C)C)n2CCC. The number of esters is 1. The first kappa shape index (κ1) is 22.5. The van der Waals surface area contributed by atoms with Gasteiger partial charge in [0.25, 0.3) is 5.56 Å². The van der Waals surface area contributed by atoms with Crippen LogP contribution in [-0.4, -0.2) is 30.2 Å². The van der Waals surface area contributed by atoms with Gasteiger partial charge >= 0.3 is 11.7 Å². The molecule has 0 radical (unpaired) electrons. The minimum absolute atomic E-state index is 0.0278. The molecule has 3 heterocycles. The predicted octanol–water partition coefficient (Wildman–Crippen LogP) is 2.87. The Balaban J connectivity index is 2.00. The number of aryl methyl sites for hydroxylation is 3. The van der Waals surface area contributed by atoms with Crippen molar-refractivity contribution in [2.45, 2.75) is 79.5 Å². The van der Waals surface area contributed by atoms with Crippen LogP contribution in [0.25, 0.3) is 11.2 Å². The van der Waals surface area contributed by atoms with Gasteiger partial charge in [0.15, 0.2) is 16.9 Å². The average Bonchev–Trinajstić information content (AvgIpc) is 3.27. The smallest absolute Gasteiger partial charge is 0.344 e. The van der Waals surface area contributed by atoms with E-state index in [0.717, 1.165) is 19.3 Å². The van der Waals surface area contributed by atoms with Crippen molar-refractivity contribution in [1.29, 1.82) is 0 Å². The molecule has 0 amide bonds. The van der Waals surface area contributed by atoms with Crippen molar-refractivity contribution < 1.29 is 14.1 Å². The fourth-order valence-electron chi connectivity index (χ4n) is 3.55. The topological polar surface area (TPSA) is 125 Å². The summed E-state index contributed by atoms with van der Waals surface area (Å²) in [6, 6.07) is 0. The number of aromatic nitrogens is 5. The van der Waals surface area contributed by atoms with E-state index in [0.29, 0.717) is 47.1 Å². The van der Waals surface area contributed by atoms with Gasteiger partial charge in [-0.1, -0.05) is 39.3 Å². The number of aromatic amines is 1. The quantitative estimate of drug-likeness (QED) is 0.516. The van der Waals surface area contributed by atoms with Gasteiger partial charge in [0.1, 0.15) is 18.0 Å². The van der Waals surface area contributed by atoms with Crippen LogP contribution in [0.1, 0.15) is 80.5 Å². The van der Waals surface area contributed by atoms with Gasteiger partial charge in [-0.15, -0.1) is 0 Å². The highest BCUT2D eigenvalue weighted by molar-refractivity contribution is 5.91. The number of carbonyl (C=O) groups excluding carboxylic acids is 1. The van der Waals surface area contributed by atoms with E-state index in [1.165, 1.54) is 4.57 Å². The van der Waals surface area contributed by atoms with E-state index in [1.54, 1.807) is 11.5 Å². The van der Waals surface area contributed by atoms with Gasteiger partial charge in [0.2, 0.25) is 0 Å². The summed E-state index contributed by atoms with van der Waals surface area (Å²) in [5, 5.41) is 3.88. The molecule has 3 rings (SSSR count). The summed E-state index contributed by atoms with van der Waals surface area (Å²) < 4.78 is 14.0. The van der Waals surface area contributed by atoms with Crippen LogP contribution in [0.2, 0.25) is 0 Å². The van der Waals surface area contributed by atoms with Crippen LogP contribution in [0.5, 0.6) is 0 Å². The van der Waals surface area contributed by atoms with Crippen molar-refractivity contribution in [3.63, 3.8) is 0 Å². The zero-order chi connectivity index (χ0) is 22.7. The van der Waals surface area contributed by atoms with E-state index in [-0.39, 0.29) is 12.5 Å². The molecule has 0 aliphatic rings. The lowest BCUT2D eigenvalue weighted by atomic mass is 10.1. The van der Waals surface area contributed by atoms with Crippen LogP contribution in [0.3, 0.4) is 0 Å². The molecule has 3 aromatic heterocycles. The van der Waals surface area contributed by atoms with E-state index < -0.39 is 17.2 Å². The monoisotopic (exact) mass is 431 g/mol. The van der Waals surface area contributed by atoms with E-state index in [4.69, 9.17) is 9.26 Å². The van der Waals surface area contributed by atoms with Gasteiger partial charge in [0, 0.05) is 19.0 Å². The average molecular weight is 431 g/mol. The number of imidazole rings is 1. The summed E-state index contributed by atoms with van der Waals surface area (Å²) in [6.45, 7) is 10.3. The first-order chi connectivity index (χ1) is 14.8. The van der Waals surface area contributed by atoms with Crippen molar-refractivity contribution >= 4 is 17.1 Å². The third-order valence-electron chi connectivity index (χ3n) is 5.10. The lowest BCUT2D eigenvalue weighted by molar-refractivity contribution is 0.0454. The zero-order valence-corrected chi connectivity index (χ0v) is 18.7. The van der Waals surface area contributed by atoms with Crippen LogP contribution in [0, 0.1) is 6.92 Å². The molecule has 0 saturated carbocycles. The molecule has 0 saturated heterocycles. The molecule has 168 valence electrons. The first-order valence-electron chi connectivity index (χ1n) is 10.7. The molecule has 0 atom stereocenters. The summed E-state index contributed by atoms with van der Waals surface area (Å²) >= 11 is 0. The molecule has 3 aromatic rings. The van der Waals surface area contributed by atoms with Gasteiger partial charge in [-0.2, -0.15) is 0 Å². The van der Waals surface area contributed by atoms with E-state index in [1.807, 2.05) is 27.7 Å². The van der Waals surface area contributed by atoms with Crippen molar-refractivity contribution in [3.8, 4) is 0 Å². The summed E-state index contributed by atoms with van der Waals surface area (Å²) in [6.07, 6.45) is 2.41. The molecule has 0 aromatic carbocycles. The van der Waals surface area contributed by atoms with Gasteiger partial charge in [0.05, 0.1) is 5.69 Å². The van der Waals surface area contributed by atoms with Crippen LogP contribution in [0.4, 0.5) is 0 Å². The Morgan fingerprint density at radius 2 is 1.90 bits per heavy atom. The molecule has 0 bridgehead atoms. The highest BCUT2D eigenvalue weighted by atomic mass is 16.5. The van der Waals surface area contributed by atoms with Crippen molar-refractivity contribution in [1.82, 2.24) is 24.3 Å². The van der Waals surface area contributed by atoms with Gasteiger partial charge < -0.3 is 13.8 Å². The largest absolute Gasteiger partial charge is 0.454 e. The second-order valence-corrected chi connectivity index (χ2v) is 7.85. The Bertz CT molecular complexity index is 1200. The normalized spacial score (nSPS) is 11.5. The fraction of sp³-hybridized carbons (Fsp3) is 0.571. The first-order valence-corrected chi connectivity index (χ1v) is 10.7. The number of H-pyrrole nitrogens is 1. The van der Waals surface area contributed by atoms with Crippen LogP contribution < -0.4 is 11.2 Å². The molecule has 0 spiro atoms. The minimum atomic E-state index is -0.560. The maximum Gasteiger partial charge on any atom is 0.344 e. The molecule has 0 unspecified atom stereocenters. The van der Waals surface area contributed by atoms with Crippen molar-refractivity contribution in [2.24, 2.45) is 0 Å². The van der Waals surface area contributed by atoms with E-state index in [9.17, 15) is 14.4 Å². The highest BCUT2D eigenvalue weighted by Crippen LogP contribution is 2.23. The van der Waals surface area contributed by atoms with E-state index >= 15 is 0 Å². The number of unbranched alkanes of at least 4 members (excludes halogenated alkanes) is 1. The fourth-order valence-corrected chi connectivity index (χ4v) is 3.55. The van der Waals surface area contributed by atoms with Crippen LogP contribution in [0.15, 0.2) is 14.1 Å². The molecule has 10 heteroatoms. The number of hydrogen-bond acceptors (Lipinski definition) is 7. The Kier molecular flexibility index (Phi) is 6.77. The Hall–Kier alpha value is -3.17.